The van der Waals surface area contributed by atoms with Gasteiger partial charge in [-0.1, -0.05) is 23.7 Å². The smallest absolute Gasteiger partial charge is 0.278 e. The van der Waals surface area contributed by atoms with Crippen molar-refractivity contribution >= 4 is 27.3 Å². The molecule has 0 bridgehead atoms. The molecule has 9 heteroatoms. The maximum atomic E-state index is 12.9. The first-order valence-corrected chi connectivity index (χ1v) is 7.90. The number of hydrogen-bond donors (Lipinski definition) is 1. The molecule has 0 saturated carbocycles. The number of nitriles is 1. The first kappa shape index (κ1) is 17.1. The number of alkyl halides is 3. The number of nitrogens with one attached hydrogen (secondary N) is 1. The number of nitrogens with zero attached hydrogens (tertiary/aromatic N) is 1. The molecule has 2 rings (SSSR count). The van der Waals surface area contributed by atoms with E-state index in [0.29, 0.717) is 6.07 Å². The first-order valence-electron chi connectivity index (χ1n) is 6.04. The van der Waals surface area contributed by atoms with Crippen LogP contribution in [0, 0.1) is 11.3 Å². The van der Waals surface area contributed by atoms with Gasteiger partial charge in [-0.05, 0) is 30.3 Å². The Hall–Kier alpha value is -2.24. The van der Waals surface area contributed by atoms with Gasteiger partial charge in [0.1, 0.15) is 0 Å². The standard InChI is InChI=1S/C14H8ClF3N2O2S/c15-11-7-9(8-19)5-6-12(11)20-23(21,22)13-4-2-1-3-10(13)14(16,17)18/h1-7,20H. The van der Waals surface area contributed by atoms with Gasteiger partial charge in [-0.25, -0.2) is 8.42 Å². The van der Waals surface area contributed by atoms with Gasteiger partial charge in [0.15, 0.2) is 0 Å². The quantitative estimate of drug-likeness (QED) is 0.898. The highest BCUT2D eigenvalue weighted by atomic mass is 35.5. The van der Waals surface area contributed by atoms with Gasteiger partial charge in [0.05, 0.1) is 32.8 Å². The second-order valence-corrected chi connectivity index (χ2v) is 6.46. The Bertz CT molecular complexity index is 890. The average molecular weight is 361 g/mol. The molecule has 0 aliphatic carbocycles. The Morgan fingerprint density at radius 1 is 1.13 bits per heavy atom. The van der Waals surface area contributed by atoms with Gasteiger partial charge in [0.2, 0.25) is 0 Å². The number of rotatable bonds is 3. The summed E-state index contributed by atoms with van der Waals surface area (Å²) in [6.07, 6.45) is -4.82. The third-order valence-electron chi connectivity index (χ3n) is 2.82. The molecule has 120 valence electrons. The largest absolute Gasteiger partial charge is 0.417 e. The van der Waals surface area contributed by atoms with Crippen molar-refractivity contribution in [2.45, 2.75) is 11.1 Å². The van der Waals surface area contributed by atoms with E-state index in [9.17, 15) is 21.6 Å². The van der Waals surface area contributed by atoms with E-state index in [1.165, 1.54) is 24.3 Å². The molecule has 0 heterocycles. The number of sulfonamides is 1. The summed E-state index contributed by atoms with van der Waals surface area (Å²) < 4.78 is 65.3. The van der Waals surface area contributed by atoms with E-state index >= 15 is 0 Å². The lowest BCUT2D eigenvalue weighted by atomic mass is 10.2. The van der Waals surface area contributed by atoms with E-state index in [1.54, 1.807) is 0 Å². The van der Waals surface area contributed by atoms with Gasteiger partial charge < -0.3 is 0 Å². The molecular weight excluding hydrogens is 353 g/mol. The molecule has 0 fully saturated rings. The van der Waals surface area contributed by atoms with Gasteiger partial charge in [0.25, 0.3) is 10.0 Å². The number of hydrogen-bond acceptors (Lipinski definition) is 3. The summed E-state index contributed by atoms with van der Waals surface area (Å²) in [6, 6.07) is 9.31. The molecular formula is C14H8ClF3N2O2S. The second-order valence-electron chi connectivity index (χ2n) is 4.41. The third kappa shape index (κ3) is 3.75. The lowest BCUT2D eigenvalue weighted by Crippen LogP contribution is -2.19. The van der Waals surface area contributed by atoms with Crippen LogP contribution in [0.1, 0.15) is 11.1 Å². The predicted octanol–water partition coefficient (Wildman–Crippen LogP) is 4.03. The first-order chi connectivity index (χ1) is 10.6. The van der Waals surface area contributed by atoms with Crippen LogP contribution in [-0.2, 0) is 16.2 Å². The SMILES string of the molecule is N#Cc1ccc(NS(=O)(=O)c2ccccc2C(F)(F)F)c(Cl)c1. The summed E-state index contributed by atoms with van der Waals surface area (Å²) in [5, 5.41) is 8.62. The molecule has 1 N–H and O–H groups in total. The fourth-order valence-electron chi connectivity index (χ4n) is 1.80. The predicted molar refractivity (Wildman–Crippen MR) is 78.4 cm³/mol. The van der Waals surface area contributed by atoms with Gasteiger partial charge in [-0.15, -0.1) is 0 Å². The van der Waals surface area contributed by atoms with Crippen LogP contribution in [0.4, 0.5) is 18.9 Å². The van der Waals surface area contributed by atoms with Gasteiger partial charge in [-0.3, -0.25) is 4.72 Å². The van der Waals surface area contributed by atoms with Crippen molar-refractivity contribution < 1.29 is 21.6 Å². The second kappa shape index (κ2) is 6.10. The van der Waals surface area contributed by atoms with Crippen molar-refractivity contribution in [3.05, 3.63) is 58.6 Å². The van der Waals surface area contributed by atoms with Crippen LogP contribution >= 0.6 is 11.6 Å². The van der Waals surface area contributed by atoms with Crippen LogP contribution in [0.5, 0.6) is 0 Å². The monoisotopic (exact) mass is 360 g/mol. The molecule has 0 radical (unpaired) electrons. The Balaban J connectivity index is 2.47. The summed E-state index contributed by atoms with van der Waals surface area (Å²) in [7, 11) is -4.51. The molecule has 4 nitrogen and oxygen atoms in total. The van der Waals surface area contributed by atoms with E-state index in [4.69, 9.17) is 16.9 Å². The summed E-state index contributed by atoms with van der Waals surface area (Å²) in [5.74, 6) is 0. The average Bonchev–Trinajstić information content (AvgIpc) is 2.48. The van der Waals surface area contributed by atoms with E-state index < -0.39 is 26.7 Å². The molecule has 0 aliphatic rings. The number of anilines is 1. The highest BCUT2D eigenvalue weighted by molar-refractivity contribution is 7.92. The van der Waals surface area contributed by atoms with Gasteiger partial charge in [0, 0.05) is 0 Å². The zero-order chi connectivity index (χ0) is 17.3. The fourth-order valence-corrected chi connectivity index (χ4v) is 3.39. The number of benzene rings is 2. The van der Waals surface area contributed by atoms with E-state index in [0.717, 1.165) is 12.1 Å². The molecule has 2 aromatic rings. The molecule has 0 aliphatic heterocycles. The molecule has 0 aromatic heterocycles. The molecule has 23 heavy (non-hydrogen) atoms. The molecule has 0 atom stereocenters. The van der Waals surface area contributed by atoms with Crippen LogP contribution in [0.25, 0.3) is 0 Å². The maximum absolute atomic E-state index is 12.9. The topological polar surface area (TPSA) is 70.0 Å². The Kier molecular flexibility index (Phi) is 4.54. The van der Waals surface area contributed by atoms with Crippen LogP contribution in [0.2, 0.25) is 5.02 Å². The van der Waals surface area contributed by atoms with Crippen molar-refractivity contribution in [1.82, 2.24) is 0 Å². The minimum Gasteiger partial charge on any atom is -0.278 e. The molecule has 0 amide bonds. The summed E-state index contributed by atoms with van der Waals surface area (Å²) in [4.78, 5) is -0.909. The fraction of sp³-hybridized carbons (Fsp3) is 0.0714. The van der Waals surface area contributed by atoms with Crippen molar-refractivity contribution in [2.24, 2.45) is 0 Å². The maximum Gasteiger partial charge on any atom is 0.417 e. The molecule has 0 saturated heterocycles. The normalized spacial score (nSPS) is 11.8. The minimum absolute atomic E-state index is 0.0999. The van der Waals surface area contributed by atoms with Crippen molar-refractivity contribution in [1.29, 1.82) is 5.26 Å². The van der Waals surface area contributed by atoms with Crippen LogP contribution in [-0.4, -0.2) is 8.42 Å². The highest BCUT2D eigenvalue weighted by Gasteiger charge is 2.37. The van der Waals surface area contributed by atoms with Crippen molar-refractivity contribution in [3.8, 4) is 6.07 Å². The Morgan fingerprint density at radius 2 is 1.78 bits per heavy atom. The zero-order valence-corrected chi connectivity index (χ0v) is 12.8. The number of halogens is 4. The Morgan fingerprint density at radius 3 is 2.35 bits per heavy atom. The van der Waals surface area contributed by atoms with E-state index in [-0.39, 0.29) is 16.3 Å². The molecule has 0 unspecified atom stereocenters. The molecule has 0 spiro atoms. The van der Waals surface area contributed by atoms with Crippen LogP contribution < -0.4 is 4.72 Å². The molecule has 2 aromatic carbocycles. The van der Waals surface area contributed by atoms with E-state index in [2.05, 4.69) is 0 Å². The Labute approximate surface area is 135 Å². The lowest BCUT2D eigenvalue weighted by Gasteiger charge is -2.15. The summed E-state index contributed by atoms with van der Waals surface area (Å²) >= 11 is 5.83. The van der Waals surface area contributed by atoms with Gasteiger partial charge in [-0.2, -0.15) is 18.4 Å². The van der Waals surface area contributed by atoms with Crippen LogP contribution in [0.15, 0.2) is 47.4 Å². The van der Waals surface area contributed by atoms with E-state index in [1.807, 2.05) is 10.8 Å². The highest BCUT2D eigenvalue weighted by Crippen LogP contribution is 2.35. The van der Waals surface area contributed by atoms with Crippen molar-refractivity contribution in [2.75, 3.05) is 4.72 Å². The third-order valence-corrected chi connectivity index (χ3v) is 4.56. The lowest BCUT2D eigenvalue weighted by molar-refractivity contribution is -0.139. The minimum atomic E-state index is -4.82. The summed E-state index contributed by atoms with van der Waals surface area (Å²) in [6.45, 7) is 0. The zero-order valence-electron chi connectivity index (χ0n) is 11.2. The summed E-state index contributed by atoms with van der Waals surface area (Å²) in [5.41, 5.74) is -1.21. The van der Waals surface area contributed by atoms with Gasteiger partial charge >= 0.3 is 6.18 Å². The van der Waals surface area contributed by atoms with Crippen molar-refractivity contribution in [3.63, 3.8) is 0 Å². The van der Waals surface area contributed by atoms with Crippen LogP contribution in [0.3, 0.4) is 0 Å².